The van der Waals surface area contributed by atoms with Gasteiger partial charge in [-0.05, 0) is 13.3 Å². The number of rotatable bonds is 2. The highest BCUT2D eigenvalue weighted by atomic mass is 16.5. The van der Waals surface area contributed by atoms with Crippen molar-refractivity contribution >= 4 is 0 Å². The molecule has 1 N–H and O–H groups in total. The van der Waals surface area contributed by atoms with Gasteiger partial charge in [0.05, 0.1) is 13.1 Å². The Kier molecular flexibility index (Phi) is 2.96. The molecule has 0 heterocycles. The van der Waals surface area contributed by atoms with E-state index in [4.69, 9.17) is 0 Å². The molecule has 44 valence electrons. The van der Waals surface area contributed by atoms with Crippen LogP contribution in [0.15, 0.2) is 0 Å². The van der Waals surface area contributed by atoms with Crippen LogP contribution in [-0.4, -0.2) is 13.1 Å². The SMILES string of the molecule is CC[C@H](C)[NH+](C)[O-]. The molecule has 0 saturated heterocycles. The van der Waals surface area contributed by atoms with E-state index in [1.165, 1.54) is 0 Å². The number of nitrogens with one attached hydrogen (secondary N) is 1. The molecule has 0 spiro atoms. The maximum absolute atomic E-state index is 10.4. The van der Waals surface area contributed by atoms with Crippen LogP contribution < -0.4 is 5.06 Å². The van der Waals surface area contributed by atoms with Crippen LogP contribution in [0.5, 0.6) is 0 Å². The molecular weight excluding hydrogens is 90.1 g/mol. The molecule has 2 heteroatoms. The number of hydrogen-bond donors (Lipinski definition) is 1. The van der Waals surface area contributed by atoms with Crippen molar-refractivity contribution < 1.29 is 5.06 Å². The van der Waals surface area contributed by atoms with Gasteiger partial charge in [-0.1, -0.05) is 6.92 Å². The third-order valence-corrected chi connectivity index (χ3v) is 1.31. The largest absolute Gasteiger partial charge is 0.634 e. The molecule has 0 aliphatic rings. The molecule has 2 atom stereocenters. The normalized spacial score (nSPS) is 18.9. The quantitative estimate of drug-likeness (QED) is 0.481. The summed E-state index contributed by atoms with van der Waals surface area (Å²) in [6.45, 7) is 3.97. The Morgan fingerprint density at radius 3 is 2.14 bits per heavy atom. The Labute approximate surface area is 44.7 Å². The van der Waals surface area contributed by atoms with Gasteiger partial charge in [-0.15, -0.1) is 0 Å². The van der Waals surface area contributed by atoms with Gasteiger partial charge in [0.25, 0.3) is 0 Å². The van der Waals surface area contributed by atoms with E-state index >= 15 is 0 Å². The van der Waals surface area contributed by atoms with Gasteiger partial charge >= 0.3 is 0 Å². The van der Waals surface area contributed by atoms with Crippen LogP contribution in [0.25, 0.3) is 0 Å². The van der Waals surface area contributed by atoms with E-state index < -0.39 is 0 Å². The van der Waals surface area contributed by atoms with E-state index in [1.807, 2.05) is 13.8 Å². The Bertz CT molecular complexity index is 45.3. The molecule has 0 aliphatic carbocycles. The predicted molar refractivity (Wildman–Crippen MR) is 30.0 cm³/mol. The lowest BCUT2D eigenvalue weighted by molar-refractivity contribution is -0.852. The number of hydrogen-bond acceptors (Lipinski definition) is 1. The molecule has 0 bridgehead atoms. The topological polar surface area (TPSA) is 27.5 Å². The van der Waals surface area contributed by atoms with Gasteiger partial charge in [0.15, 0.2) is 0 Å². The van der Waals surface area contributed by atoms with Gasteiger partial charge in [-0.25, -0.2) is 0 Å². The van der Waals surface area contributed by atoms with Crippen LogP contribution >= 0.6 is 0 Å². The van der Waals surface area contributed by atoms with Crippen molar-refractivity contribution in [1.82, 2.24) is 0 Å². The van der Waals surface area contributed by atoms with Crippen LogP contribution in [0.2, 0.25) is 0 Å². The number of hydroxylamine groups is 2. The summed E-state index contributed by atoms with van der Waals surface area (Å²) in [6.07, 6.45) is 0.968. The zero-order valence-corrected chi connectivity index (χ0v) is 5.19. The van der Waals surface area contributed by atoms with Crippen molar-refractivity contribution in [2.45, 2.75) is 26.3 Å². The molecule has 2 nitrogen and oxygen atoms in total. The summed E-state index contributed by atoms with van der Waals surface area (Å²) in [6, 6.07) is 0.264. The van der Waals surface area contributed by atoms with Crippen molar-refractivity contribution in [3.8, 4) is 0 Å². The molecule has 0 aromatic rings. The van der Waals surface area contributed by atoms with Gasteiger partial charge in [-0.2, -0.15) is 0 Å². The molecular formula is C5H13NO. The summed E-state index contributed by atoms with van der Waals surface area (Å²) >= 11 is 0. The fourth-order valence-corrected chi connectivity index (χ4v) is 0.287. The van der Waals surface area contributed by atoms with Crippen LogP contribution in [0.1, 0.15) is 20.3 Å². The lowest BCUT2D eigenvalue weighted by atomic mass is 10.3. The monoisotopic (exact) mass is 103 g/mol. The van der Waals surface area contributed by atoms with Crippen LogP contribution in [0.4, 0.5) is 0 Å². The first kappa shape index (κ1) is 6.92. The summed E-state index contributed by atoms with van der Waals surface area (Å²) in [4.78, 5) is 0. The predicted octanol–water partition coefficient (Wildman–Crippen LogP) is -0.203. The molecule has 0 radical (unpaired) electrons. The average Bonchev–Trinajstić information content (AvgIpc) is 1.65. The maximum Gasteiger partial charge on any atom is 0.0838 e. The molecule has 0 aromatic heterocycles. The van der Waals surface area contributed by atoms with Gasteiger partial charge in [-0.3, -0.25) is 0 Å². The second-order valence-corrected chi connectivity index (χ2v) is 1.92. The minimum absolute atomic E-state index is 0.264. The van der Waals surface area contributed by atoms with E-state index in [2.05, 4.69) is 0 Å². The van der Waals surface area contributed by atoms with Gasteiger partial charge in [0.2, 0.25) is 0 Å². The van der Waals surface area contributed by atoms with Crippen LogP contribution in [-0.2, 0) is 0 Å². The summed E-state index contributed by atoms with van der Waals surface area (Å²) in [7, 11) is 1.63. The lowest BCUT2D eigenvalue weighted by Crippen LogP contribution is -3.07. The highest BCUT2D eigenvalue weighted by Gasteiger charge is 1.97. The summed E-state index contributed by atoms with van der Waals surface area (Å²) in [5.74, 6) is 0. The Hall–Kier alpha value is -0.0800. The van der Waals surface area contributed by atoms with Crippen molar-refractivity contribution in [2.75, 3.05) is 7.05 Å². The second-order valence-electron chi connectivity index (χ2n) is 1.92. The minimum atomic E-state index is 0.264. The highest BCUT2D eigenvalue weighted by Crippen LogP contribution is 1.78. The molecule has 0 saturated carbocycles. The maximum atomic E-state index is 10.4. The third kappa shape index (κ3) is 2.60. The zero-order valence-electron chi connectivity index (χ0n) is 5.19. The summed E-state index contributed by atoms with van der Waals surface area (Å²) < 4.78 is 0. The molecule has 0 amide bonds. The zero-order chi connectivity index (χ0) is 5.86. The lowest BCUT2D eigenvalue weighted by Gasteiger charge is -2.22. The van der Waals surface area contributed by atoms with Crippen molar-refractivity contribution in [2.24, 2.45) is 0 Å². The van der Waals surface area contributed by atoms with Crippen molar-refractivity contribution in [1.29, 1.82) is 0 Å². The smallest absolute Gasteiger partial charge is 0.0838 e. The van der Waals surface area contributed by atoms with E-state index in [0.717, 1.165) is 6.42 Å². The average molecular weight is 103 g/mol. The first-order chi connectivity index (χ1) is 3.18. The van der Waals surface area contributed by atoms with Gasteiger partial charge in [0.1, 0.15) is 0 Å². The van der Waals surface area contributed by atoms with Crippen molar-refractivity contribution in [3.05, 3.63) is 5.21 Å². The second kappa shape index (κ2) is 2.99. The minimum Gasteiger partial charge on any atom is -0.634 e. The standard InChI is InChI=1S/C5H13NO/c1-4-5(2)6(3)7/h5-6H,4H2,1-3H3/t5-/m0/s1. The van der Waals surface area contributed by atoms with Gasteiger partial charge < -0.3 is 10.3 Å². The Morgan fingerprint density at radius 2 is 2.14 bits per heavy atom. The van der Waals surface area contributed by atoms with Gasteiger partial charge in [0, 0.05) is 0 Å². The van der Waals surface area contributed by atoms with E-state index in [-0.39, 0.29) is 6.04 Å². The fraction of sp³-hybridized carbons (Fsp3) is 1.00. The van der Waals surface area contributed by atoms with E-state index in [9.17, 15) is 5.21 Å². The molecule has 0 aromatic carbocycles. The number of quaternary nitrogens is 1. The van der Waals surface area contributed by atoms with E-state index in [0.29, 0.717) is 5.06 Å². The first-order valence-electron chi connectivity index (χ1n) is 2.69. The van der Waals surface area contributed by atoms with Crippen molar-refractivity contribution in [3.63, 3.8) is 0 Å². The third-order valence-electron chi connectivity index (χ3n) is 1.31. The first-order valence-corrected chi connectivity index (χ1v) is 2.69. The fourth-order valence-electron chi connectivity index (χ4n) is 0.287. The molecule has 0 fully saturated rings. The van der Waals surface area contributed by atoms with Crippen LogP contribution in [0.3, 0.4) is 0 Å². The molecule has 1 unspecified atom stereocenters. The summed E-state index contributed by atoms with van der Waals surface area (Å²) in [5.41, 5.74) is 0. The summed E-state index contributed by atoms with van der Waals surface area (Å²) in [5, 5.41) is 10.7. The van der Waals surface area contributed by atoms with E-state index in [1.54, 1.807) is 7.05 Å². The highest BCUT2D eigenvalue weighted by molar-refractivity contribution is 4.38. The Morgan fingerprint density at radius 1 is 1.71 bits per heavy atom. The molecule has 0 rings (SSSR count). The van der Waals surface area contributed by atoms with Crippen LogP contribution in [0, 0.1) is 5.21 Å². The Balaban J connectivity index is 3.14. The molecule has 7 heavy (non-hydrogen) atoms. The molecule has 0 aliphatic heterocycles.